The highest BCUT2D eigenvalue weighted by atomic mass is 19.4. The Morgan fingerprint density at radius 2 is 1.87 bits per heavy atom. The van der Waals surface area contributed by atoms with Crippen molar-refractivity contribution in [3.63, 3.8) is 0 Å². The molecule has 0 radical (unpaired) electrons. The molecule has 0 spiro atoms. The molecule has 2 heterocycles. The number of carbonyl (C=O) groups excluding carboxylic acids is 1. The summed E-state index contributed by atoms with van der Waals surface area (Å²) in [6, 6.07) is -0.0220. The molecule has 1 N–H and O–H groups in total. The van der Waals surface area contributed by atoms with Crippen LogP contribution >= 0.6 is 0 Å². The molecule has 0 fully saturated rings. The zero-order valence-corrected chi connectivity index (χ0v) is 17.0. The van der Waals surface area contributed by atoms with Crippen LogP contribution in [0.2, 0.25) is 0 Å². The van der Waals surface area contributed by atoms with Crippen molar-refractivity contribution in [1.29, 1.82) is 0 Å². The maximum atomic E-state index is 13.3. The number of alkyl halides is 6. The van der Waals surface area contributed by atoms with Crippen molar-refractivity contribution in [3.05, 3.63) is 34.9 Å². The van der Waals surface area contributed by atoms with Crippen LogP contribution in [0.25, 0.3) is 0 Å². The number of hydrogen-bond acceptors (Lipinski definition) is 3. The van der Waals surface area contributed by atoms with Gasteiger partial charge in [-0.1, -0.05) is 13.8 Å². The van der Waals surface area contributed by atoms with Gasteiger partial charge in [0, 0.05) is 30.5 Å². The summed E-state index contributed by atoms with van der Waals surface area (Å²) in [6.07, 6.45) is -6.36. The van der Waals surface area contributed by atoms with Crippen LogP contribution in [-0.4, -0.2) is 32.0 Å². The molecule has 12 heteroatoms. The molecule has 0 aliphatic heterocycles. The summed E-state index contributed by atoms with van der Waals surface area (Å²) in [4.78, 5) is 12.7. The van der Waals surface area contributed by atoms with Crippen molar-refractivity contribution in [1.82, 2.24) is 24.9 Å². The summed E-state index contributed by atoms with van der Waals surface area (Å²) < 4.78 is 80.2. The van der Waals surface area contributed by atoms with E-state index >= 15 is 0 Å². The Morgan fingerprint density at radius 3 is 2.45 bits per heavy atom. The van der Waals surface area contributed by atoms with E-state index < -0.39 is 35.7 Å². The Hall–Kier alpha value is -2.53. The number of halogens is 6. The molecule has 3 rings (SSSR count). The minimum atomic E-state index is -4.58. The quantitative estimate of drug-likeness (QED) is 0.647. The van der Waals surface area contributed by atoms with Gasteiger partial charge in [-0.15, -0.1) is 0 Å². The van der Waals surface area contributed by atoms with Gasteiger partial charge in [0.25, 0.3) is 0 Å². The first kappa shape index (κ1) is 23.1. The average Bonchev–Trinajstić information content (AvgIpc) is 3.36. The topological polar surface area (TPSA) is 64.7 Å². The smallest absolute Gasteiger partial charge is 0.354 e. The van der Waals surface area contributed by atoms with Crippen LogP contribution in [0, 0.1) is 5.92 Å². The van der Waals surface area contributed by atoms with Crippen LogP contribution in [0.4, 0.5) is 26.3 Å². The highest BCUT2D eigenvalue weighted by Crippen LogP contribution is 2.37. The van der Waals surface area contributed by atoms with Gasteiger partial charge >= 0.3 is 12.4 Å². The molecule has 31 heavy (non-hydrogen) atoms. The Bertz CT molecular complexity index is 929. The zero-order valence-electron chi connectivity index (χ0n) is 17.0. The Morgan fingerprint density at radius 1 is 1.16 bits per heavy atom. The van der Waals surface area contributed by atoms with Gasteiger partial charge in [0.1, 0.15) is 6.04 Å². The van der Waals surface area contributed by atoms with E-state index in [1.54, 1.807) is 13.8 Å². The molecular weight excluding hydrogens is 428 g/mol. The summed E-state index contributed by atoms with van der Waals surface area (Å²) >= 11 is 0. The summed E-state index contributed by atoms with van der Waals surface area (Å²) in [6.45, 7) is 3.69. The predicted molar refractivity (Wildman–Crippen MR) is 98.0 cm³/mol. The minimum Gasteiger partial charge on any atom is -0.354 e. The third kappa shape index (κ3) is 5.04. The lowest BCUT2D eigenvalue weighted by Crippen LogP contribution is -2.37. The summed E-state index contributed by atoms with van der Waals surface area (Å²) in [5, 5.41) is 9.88. The molecule has 0 aromatic carbocycles. The number of carbonyl (C=O) groups is 1. The lowest BCUT2D eigenvalue weighted by molar-refractivity contribution is -0.143. The van der Waals surface area contributed by atoms with Gasteiger partial charge < -0.3 is 5.32 Å². The number of nitrogens with zero attached hydrogens (tertiary/aromatic N) is 4. The van der Waals surface area contributed by atoms with Crippen molar-refractivity contribution in [3.8, 4) is 0 Å². The summed E-state index contributed by atoms with van der Waals surface area (Å²) in [5.74, 6) is -0.728. The minimum absolute atomic E-state index is 0.131. The lowest BCUT2D eigenvalue weighted by Gasteiger charge is -2.20. The third-order valence-electron chi connectivity index (χ3n) is 5.27. The molecule has 0 bridgehead atoms. The van der Waals surface area contributed by atoms with E-state index in [1.807, 2.05) is 0 Å². The molecule has 172 valence electrons. The first-order chi connectivity index (χ1) is 14.4. The Balaban J connectivity index is 1.65. The summed E-state index contributed by atoms with van der Waals surface area (Å²) in [5.41, 5.74) is -1.33. The molecule has 2 aromatic heterocycles. The van der Waals surface area contributed by atoms with Crippen molar-refractivity contribution in [2.45, 2.75) is 64.5 Å². The molecule has 0 unspecified atom stereocenters. The highest BCUT2D eigenvalue weighted by Gasteiger charge is 2.41. The molecular formula is C19H23F6N5O. The molecule has 1 amide bonds. The molecule has 0 saturated heterocycles. The van der Waals surface area contributed by atoms with E-state index in [0.717, 1.165) is 10.7 Å². The van der Waals surface area contributed by atoms with Crippen LogP contribution in [-0.2, 0) is 36.5 Å². The second-order valence-electron chi connectivity index (χ2n) is 7.76. The van der Waals surface area contributed by atoms with E-state index in [2.05, 4.69) is 15.5 Å². The monoisotopic (exact) mass is 451 g/mol. The van der Waals surface area contributed by atoms with Crippen molar-refractivity contribution in [2.24, 2.45) is 5.92 Å². The average molecular weight is 451 g/mol. The normalized spacial score (nSPS) is 16.3. The Kier molecular flexibility index (Phi) is 6.38. The van der Waals surface area contributed by atoms with Crippen LogP contribution in [0.5, 0.6) is 0 Å². The maximum Gasteiger partial charge on any atom is 0.435 e. The van der Waals surface area contributed by atoms with Crippen LogP contribution in [0.3, 0.4) is 0 Å². The fourth-order valence-corrected chi connectivity index (χ4v) is 3.81. The first-order valence-electron chi connectivity index (χ1n) is 9.97. The first-order valence-corrected chi connectivity index (χ1v) is 9.97. The van der Waals surface area contributed by atoms with E-state index in [1.165, 1.54) is 10.9 Å². The zero-order chi connectivity index (χ0) is 23.0. The van der Waals surface area contributed by atoms with Gasteiger partial charge in [0.05, 0.1) is 0 Å². The number of nitrogens with one attached hydrogen (secondary N) is 1. The number of amides is 1. The van der Waals surface area contributed by atoms with Crippen molar-refractivity contribution < 1.29 is 31.1 Å². The van der Waals surface area contributed by atoms with Crippen LogP contribution in [0.15, 0.2) is 12.3 Å². The predicted octanol–water partition coefficient (Wildman–Crippen LogP) is 4.01. The van der Waals surface area contributed by atoms with Gasteiger partial charge in [0.2, 0.25) is 5.91 Å². The Labute approximate surface area is 174 Å². The lowest BCUT2D eigenvalue weighted by atomic mass is 10.1. The second-order valence-corrected chi connectivity index (χ2v) is 7.76. The van der Waals surface area contributed by atoms with Gasteiger partial charge in [-0.25, -0.2) is 0 Å². The molecule has 1 aliphatic rings. The number of fused-ring (bicyclic) bond motifs is 1. The maximum absolute atomic E-state index is 13.3. The van der Waals surface area contributed by atoms with E-state index in [-0.39, 0.29) is 37.4 Å². The molecule has 6 nitrogen and oxygen atoms in total. The number of rotatable bonds is 7. The van der Waals surface area contributed by atoms with Crippen molar-refractivity contribution >= 4 is 5.91 Å². The standard InChI is InChI=1S/C19H23F6N5O/c1-3-13(30-14-6-4-5-12(14)16(28-30)19(23,24)25)17(31)26-9-11(2)10-29-8-7-15(27-29)18(20,21)22/h7-8,11,13H,3-6,9-10H2,1-2H3,(H,26,31)/t11-,13-/m0/s1. The van der Waals surface area contributed by atoms with E-state index in [4.69, 9.17) is 0 Å². The number of hydrogen-bond donors (Lipinski definition) is 1. The fourth-order valence-electron chi connectivity index (χ4n) is 3.81. The van der Waals surface area contributed by atoms with Gasteiger partial charge in [-0.05, 0) is 37.7 Å². The second kappa shape index (κ2) is 8.54. The SMILES string of the molecule is CC[C@@H](C(=O)NC[C@H](C)Cn1ccc(C(F)(F)F)n1)n1nc(C(F)(F)F)c2c1CCC2. The molecule has 2 atom stereocenters. The molecule has 0 saturated carbocycles. The van der Waals surface area contributed by atoms with Gasteiger partial charge in [-0.3, -0.25) is 14.2 Å². The van der Waals surface area contributed by atoms with Crippen LogP contribution in [0.1, 0.15) is 55.4 Å². The fraction of sp³-hybridized carbons (Fsp3) is 0.632. The van der Waals surface area contributed by atoms with E-state index in [9.17, 15) is 31.1 Å². The highest BCUT2D eigenvalue weighted by molar-refractivity contribution is 5.80. The molecule has 1 aliphatic carbocycles. The van der Waals surface area contributed by atoms with Gasteiger partial charge in [0.15, 0.2) is 11.4 Å². The number of aromatic nitrogens is 4. The molecule has 2 aromatic rings. The van der Waals surface area contributed by atoms with Crippen LogP contribution < -0.4 is 5.32 Å². The summed E-state index contributed by atoms with van der Waals surface area (Å²) in [7, 11) is 0. The van der Waals surface area contributed by atoms with E-state index in [0.29, 0.717) is 18.5 Å². The van der Waals surface area contributed by atoms with Gasteiger partial charge in [-0.2, -0.15) is 36.5 Å². The largest absolute Gasteiger partial charge is 0.435 e. The third-order valence-corrected chi connectivity index (χ3v) is 5.27. The van der Waals surface area contributed by atoms with Crippen molar-refractivity contribution in [2.75, 3.05) is 6.54 Å².